The van der Waals surface area contributed by atoms with Crippen LogP contribution in [0.5, 0.6) is 0 Å². The summed E-state index contributed by atoms with van der Waals surface area (Å²) in [5.41, 5.74) is 2.04. The third kappa shape index (κ3) is 2.30. The Morgan fingerprint density at radius 1 is 1.30 bits per heavy atom. The van der Waals surface area contributed by atoms with Gasteiger partial charge in [0.2, 0.25) is 0 Å². The minimum Gasteiger partial charge on any atom is -0.334 e. The molecule has 0 aliphatic rings. The highest BCUT2D eigenvalue weighted by atomic mass is 15.3. The third-order valence-electron chi connectivity index (χ3n) is 3.46. The Balaban J connectivity index is 1.75. The molecule has 0 saturated heterocycles. The number of fused-ring (bicyclic) bond motifs is 1. The molecule has 3 rings (SSSR count). The van der Waals surface area contributed by atoms with Crippen LogP contribution in [0.25, 0.3) is 5.65 Å². The van der Waals surface area contributed by atoms with Gasteiger partial charge in [0.15, 0.2) is 11.5 Å². The second-order valence-corrected chi connectivity index (χ2v) is 4.76. The van der Waals surface area contributed by atoms with Gasteiger partial charge in [-0.1, -0.05) is 6.07 Å². The van der Waals surface area contributed by atoms with Crippen molar-refractivity contribution in [3.8, 4) is 0 Å². The van der Waals surface area contributed by atoms with Gasteiger partial charge < -0.3 is 9.88 Å². The van der Waals surface area contributed by atoms with Gasteiger partial charge in [-0.25, -0.2) is 4.98 Å². The van der Waals surface area contributed by atoms with E-state index in [0.717, 1.165) is 24.6 Å². The standard InChI is InChI=1S/C14H18N6/c1-3-19-10-15-8-12(19)9-16-11(2)14-18-17-13-6-4-5-7-20(13)14/h4-8,10-11,16H,3,9H2,1-2H3. The fraction of sp³-hybridized carbons (Fsp3) is 0.357. The van der Waals surface area contributed by atoms with Crippen LogP contribution >= 0.6 is 0 Å². The van der Waals surface area contributed by atoms with E-state index in [1.54, 1.807) is 0 Å². The van der Waals surface area contributed by atoms with E-state index in [1.807, 2.05) is 41.3 Å². The van der Waals surface area contributed by atoms with Gasteiger partial charge in [-0.2, -0.15) is 0 Å². The summed E-state index contributed by atoms with van der Waals surface area (Å²) in [6.45, 7) is 5.90. The second kappa shape index (κ2) is 5.42. The van der Waals surface area contributed by atoms with Crippen LogP contribution in [-0.4, -0.2) is 24.1 Å². The number of aromatic nitrogens is 5. The zero-order valence-electron chi connectivity index (χ0n) is 11.7. The molecular formula is C14H18N6. The van der Waals surface area contributed by atoms with Crippen molar-refractivity contribution >= 4 is 5.65 Å². The molecule has 3 aromatic rings. The van der Waals surface area contributed by atoms with Gasteiger partial charge in [-0.05, 0) is 26.0 Å². The number of hydrogen-bond acceptors (Lipinski definition) is 4. The zero-order valence-corrected chi connectivity index (χ0v) is 11.7. The van der Waals surface area contributed by atoms with E-state index in [2.05, 4.69) is 38.9 Å². The molecule has 6 nitrogen and oxygen atoms in total. The van der Waals surface area contributed by atoms with Crippen molar-refractivity contribution in [3.63, 3.8) is 0 Å². The van der Waals surface area contributed by atoms with E-state index in [-0.39, 0.29) is 6.04 Å². The molecule has 3 aromatic heterocycles. The molecule has 0 aromatic carbocycles. The van der Waals surface area contributed by atoms with Crippen LogP contribution < -0.4 is 5.32 Å². The SMILES string of the molecule is CCn1cncc1CNC(C)c1nnc2ccccn12. The number of hydrogen-bond donors (Lipinski definition) is 1. The molecule has 20 heavy (non-hydrogen) atoms. The Hall–Kier alpha value is -2.21. The normalized spacial score (nSPS) is 12.9. The van der Waals surface area contributed by atoms with E-state index in [4.69, 9.17) is 0 Å². The summed E-state index contributed by atoms with van der Waals surface area (Å²) in [5, 5.41) is 11.9. The molecule has 1 atom stereocenters. The van der Waals surface area contributed by atoms with Crippen LogP contribution in [0.15, 0.2) is 36.9 Å². The summed E-state index contributed by atoms with van der Waals surface area (Å²) in [6.07, 6.45) is 5.73. The van der Waals surface area contributed by atoms with E-state index in [9.17, 15) is 0 Å². The highest BCUT2D eigenvalue weighted by molar-refractivity contribution is 5.37. The van der Waals surface area contributed by atoms with Crippen molar-refractivity contribution in [2.45, 2.75) is 33.0 Å². The van der Waals surface area contributed by atoms with Crippen LogP contribution in [0.1, 0.15) is 31.4 Å². The molecule has 0 amide bonds. The first-order valence-corrected chi connectivity index (χ1v) is 6.81. The summed E-state index contributed by atoms with van der Waals surface area (Å²) in [6, 6.07) is 6.02. The molecule has 0 aliphatic heterocycles. The fourth-order valence-electron chi connectivity index (χ4n) is 2.28. The summed E-state index contributed by atoms with van der Waals surface area (Å²) >= 11 is 0. The van der Waals surface area contributed by atoms with Gasteiger partial charge >= 0.3 is 0 Å². The number of pyridine rings is 1. The zero-order chi connectivity index (χ0) is 13.9. The lowest BCUT2D eigenvalue weighted by molar-refractivity contribution is 0.523. The third-order valence-corrected chi connectivity index (χ3v) is 3.46. The van der Waals surface area contributed by atoms with Crippen molar-refractivity contribution in [2.75, 3.05) is 0 Å². The maximum atomic E-state index is 4.27. The molecule has 0 radical (unpaired) electrons. The molecular weight excluding hydrogens is 252 g/mol. The number of imidazole rings is 1. The molecule has 3 heterocycles. The summed E-state index contributed by atoms with van der Waals surface area (Å²) in [4.78, 5) is 4.17. The predicted molar refractivity (Wildman–Crippen MR) is 76.1 cm³/mol. The lowest BCUT2D eigenvalue weighted by atomic mass is 10.3. The average molecular weight is 270 g/mol. The van der Waals surface area contributed by atoms with Gasteiger partial charge in [-0.15, -0.1) is 10.2 Å². The average Bonchev–Trinajstić information content (AvgIpc) is 3.11. The highest BCUT2D eigenvalue weighted by Gasteiger charge is 2.13. The first-order chi connectivity index (χ1) is 9.79. The summed E-state index contributed by atoms with van der Waals surface area (Å²) in [7, 11) is 0. The molecule has 1 unspecified atom stereocenters. The molecule has 104 valence electrons. The van der Waals surface area contributed by atoms with Gasteiger partial charge in [-0.3, -0.25) is 4.40 Å². The summed E-state index contributed by atoms with van der Waals surface area (Å²) < 4.78 is 4.14. The van der Waals surface area contributed by atoms with Crippen LogP contribution in [-0.2, 0) is 13.1 Å². The van der Waals surface area contributed by atoms with Crippen LogP contribution in [0.3, 0.4) is 0 Å². The first-order valence-electron chi connectivity index (χ1n) is 6.81. The first kappa shape index (κ1) is 12.8. The highest BCUT2D eigenvalue weighted by Crippen LogP contribution is 2.12. The monoisotopic (exact) mass is 270 g/mol. The number of nitrogens with one attached hydrogen (secondary N) is 1. The maximum absolute atomic E-state index is 4.27. The molecule has 0 fully saturated rings. The molecule has 0 saturated carbocycles. The molecule has 0 spiro atoms. The predicted octanol–water partition coefficient (Wildman–Crippen LogP) is 1.80. The van der Waals surface area contributed by atoms with Crippen molar-refractivity contribution in [2.24, 2.45) is 0 Å². The van der Waals surface area contributed by atoms with E-state index in [0.29, 0.717) is 0 Å². The number of nitrogens with zero attached hydrogens (tertiary/aromatic N) is 5. The van der Waals surface area contributed by atoms with Crippen molar-refractivity contribution in [1.29, 1.82) is 0 Å². The smallest absolute Gasteiger partial charge is 0.160 e. The number of aryl methyl sites for hydroxylation is 1. The Kier molecular flexibility index (Phi) is 3.47. The van der Waals surface area contributed by atoms with Gasteiger partial charge in [0.25, 0.3) is 0 Å². The van der Waals surface area contributed by atoms with Crippen molar-refractivity contribution in [3.05, 3.63) is 48.4 Å². The van der Waals surface area contributed by atoms with Gasteiger partial charge in [0.1, 0.15) is 0 Å². The Bertz CT molecular complexity index is 698. The minimum absolute atomic E-state index is 0.118. The largest absolute Gasteiger partial charge is 0.334 e. The van der Waals surface area contributed by atoms with Crippen molar-refractivity contribution < 1.29 is 0 Å². The van der Waals surface area contributed by atoms with E-state index >= 15 is 0 Å². The van der Waals surface area contributed by atoms with E-state index in [1.165, 1.54) is 5.69 Å². The minimum atomic E-state index is 0.118. The topological polar surface area (TPSA) is 60.0 Å². The lowest BCUT2D eigenvalue weighted by Crippen LogP contribution is -2.21. The summed E-state index contributed by atoms with van der Waals surface area (Å²) in [5.74, 6) is 0.920. The van der Waals surface area contributed by atoms with Crippen LogP contribution in [0.4, 0.5) is 0 Å². The van der Waals surface area contributed by atoms with Gasteiger partial charge in [0.05, 0.1) is 18.1 Å². The fourth-order valence-corrected chi connectivity index (χ4v) is 2.28. The maximum Gasteiger partial charge on any atom is 0.160 e. The lowest BCUT2D eigenvalue weighted by Gasteiger charge is -2.13. The number of rotatable bonds is 5. The van der Waals surface area contributed by atoms with E-state index < -0.39 is 0 Å². The molecule has 1 N–H and O–H groups in total. The Labute approximate surface area is 117 Å². The van der Waals surface area contributed by atoms with Crippen LogP contribution in [0.2, 0.25) is 0 Å². The Morgan fingerprint density at radius 2 is 2.20 bits per heavy atom. The molecule has 6 heteroatoms. The van der Waals surface area contributed by atoms with Gasteiger partial charge in [0, 0.05) is 25.5 Å². The molecule has 0 aliphatic carbocycles. The van der Waals surface area contributed by atoms with Crippen molar-refractivity contribution in [1.82, 2.24) is 29.5 Å². The quantitative estimate of drug-likeness (QED) is 0.768. The molecule has 0 bridgehead atoms. The second-order valence-electron chi connectivity index (χ2n) is 4.76. The Morgan fingerprint density at radius 3 is 3.05 bits per heavy atom. The van der Waals surface area contributed by atoms with Crippen LogP contribution in [0, 0.1) is 0 Å².